The van der Waals surface area contributed by atoms with Crippen molar-refractivity contribution in [2.75, 3.05) is 18.5 Å². The molecule has 10 nitrogen and oxygen atoms in total. The number of rotatable bonds is 6. The lowest BCUT2D eigenvalue weighted by atomic mass is 10.3. The summed E-state index contributed by atoms with van der Waals surface area (Å²) in [7, 11) is 0. The SMILES string of the molecule is CCOC(=O)Cn1c(=NC(=O)CN2C(=O)CCC2=O)sc2cc(NC(C)=O)ccc21. The minimum absolute atomic E-state index is 0.0871. The molecule has 1 aromatic carbocycles. The molecule has 30 heavy (non-hydrogen) atoms. The molecule has 0 saturated carbocycles. The van der Waals surface area contributed by atoms with Crippen molar-refractivity contribution in [1.29, 1.82) is 0 Å². The van der Waals surface area contributed by atoms with Crippen LogP contribution in [0, 0.1) is 0 Å². The number of nitrogens with one attached hydrogen (secondary N) is 1. The van der Waals surface area contributed by atoms with Crippen LogP contribution in [-0.2, 0) is 35.3 Å². The summed E-state index contributed by atoms with van der Waals surface area (Å²) < 4.78 is 7.21. The van der Waals surface area contributed by atoms with Gasteiger partial charge in [0.05, 0.1) is 16.8 Å². The van der Waals surface area contributed by atoms with Crippen LogP contribution in [0.1, 0.15) is 26.7 Å². The highest BCUT2D eigenvalue weighted by atomic mass is 32.1. The summed E-state index contributed by atoms with van der Waals surface area (Å²) in [4.78, 5) is 64.4. The van der Waals surface area contributed by atoms with E-state index < -0.39 is 30.2 Å². The van der Waals surface area contributed by atoms with E-state index in [1.165, 1.54) is 11.5 Å². The van der Waals surface area contributed by atoms with Crippen LogP contribution in [0.2, 0.25) is 0 Å². The lowest BCUT2D eigenvalue weighted by molar-refractivity contribution is -0.144. The predicted octanol–water partition coefficient (Wildman–Crippen LogP) is 0.801. The average Bonchev–Trinajstić information content (AvgIpc) is 3.15. The number of nitrogens with zero attached hydrogens (tertiary/aromatic N) is 3. The fraction of sp³-hybridized carbons (Fsp3) is 0.368. The Morgan fingerprint density at radius 3 is 2.50 bits per heavy atom. The predicted molar refractivity (Wildman–Crippen MR) is 107 cm³/mol. The molecule has 2 heterocycles. The first-order valence-electron chi connectivity index (χ1n) is 9.26. The van der Waals surface area contributed by atoms with Gasteiger partial charge in [0.15, 0.2) is 4.80 Å². The molecule has 1 aromatic heterocycles. The van der Waals surface area contributed by atoms with Gasteiger partial charge in [0.1, 0.15) is 13.1 Å². The van der Waals surface area contributed by atoms with E-state index in [1.807, 2.05) is 0 Å². The molecular weight excluding hydrogens is 412 g/mol. The smallest absolute Gasteiger partial charge is 0.326 e. The summed E-state index contributed by atoms with van der Waals surface area (Å²) in [5.41, 5.74) is 1.19. The third-order valence-electron chi connectivity index (χ3n) is 4.26. The number of carbonyl (C=O) groups excluding carboxylic acids is 5. The van der Waals surface area contributed by atoms with Crippen LogP contribution in [-0.4, -0.2) is 52.2 Å². The van der Waals surface area contributed by atoms with Crippen molar-refractivity contribution in [3.63, 3.8) is 0 Å². The Labute approximate surface area is 175 Å². The second kappa shape index (κ2) is 8.99. The fourth-order valence-electron chi connectivity index (χ4n) is 3.00. The van der Waals surface area contributed by atoms with Gasteiger partial charge in [-0.2, -0.15) is 4.99 Å². The lowest BCUT2D eigenvalue weighted by Crippen LogP contribution is -2.34. The zero-order valence-corrected chi connectivity index (χ0v) is 17.3. The normalized spacial score (nSPS) is 14.5. The zero-order chi connectivity index (χ0) is 21.8. The molecule has 0 atom stereocenters. The number of hydrogen-bond donors (Lipinski definition) is 1. The van der Waals surface area contributed by atoms with E-state index in [1.54, 1.807) is 25.1 Å². The minimum Gasteiger partial charge on any atom is -0.465 e. The Balaban J connectivity index is 1.99. The highest BCUT2D eigenvalue weighted by Gasteiger charge is 2.30. The Morgan fingerprint density at radius 1 is 1.17 bits per heavy atom. The van der Waals surface area contributed by atoms with Gasteiger partial charge in [0, 0.05) is 25.5 Å². The first-order valence-corrected chi connectivity index (χ1v) is 10.1. The molecule has 0 spiro atoms. The van der Waals surface area contributed by atoms with E-state index >= 15 is 0 Å². The van der Waals surface area contributed by atoms with E-state index in [0.29, 0.717) is 15.9 Å². The van der Waals surface area contributed by atoms with Gasteiger partial charge >= 0.3 is 5.97 Å². The molecule has 1 saturated heterocycles. The average molecular weight is 432 g/mol. The molecule has 0 unspecified atom stereocenters. The van der Waals surface area contributed by atoms with E-state index in [9.17, 15) is 24.0 Å². The number of esters is 1. The number of fused-ring (bicyclic) bond motifs is 1. The third kappa shape index (κ3) is 4.79. The van der Waals surface area contributed by atoms with Gasteiger partial charge < -0.3 is 14.6 Å². The summed E-state index contributed by atoms with van der Waals surface area (Å²) in [6.07, 6.45) is 0.174. The largest absolute Gasteiger partial charge is 0.465 e. The number of imide groups is 1. The first-order chi connectivity index (χ1) is 14.3. The molecule has 11 heteroatoms. The number of hydrogen-bond acceptors (Lipinski definition) is 7. The second-order valence-corrected chi connectivity index (χ2v) is 7.53. The number of likely N-dealkylation sites (tertiary alicyclic amines) is 1. The Hall–Kier alpha value is -3.34. The minimum atomic E-state index is -0.676. The van der Waals surface area contributed by atoms with Gasteiger partial charge in [0.25, 0.3) is 5.91 Å². The first kappa shape index (κ1) is 21.4. The van der Waals surface area contributed by atoms with Crippen LogP contribution in [0.25, 0.3) is 10.2 Å². The number of amides is 4. The summed E-state index contributed by atoms with van der Waals surface area (Å²) >= 11 is 1.14. The van der Waals surface area contributed by atoms with Crippen molar-refractivity contribution in [2.24, 2.45) is 4.99 Å². The summed E-state index contributed by atoms with van der Waals surface area (Å²) in [6, 6.07) is 5.08. The summed E-state index contributed by atoms with van der Waals surface area (Å²) in [5, 5.41) is 2.67. The van der Waals surface area contributed by atoms with Gasteiger partial charge in [-0.25, -0.2) is 0 Å². The molecule has 1 aliphatic rings. The van der Waals surface area contributed by atoms with Crippen molar-refractivity contribution in [3.8, 4) is 0 Å². The van der Waals surface area contributed by atoms with Crippen molar-refractivity contribution in [2.45, 2.75) is 33.2 Å². The van der Waals surface area contributed by atoms with Gasteiger partial charge in [0.2, 0.25) is 17.7 Å². The third-order valence-corrected chi connectivity index (χ3v) is 5.31. The molecule has 1 fully saturated rings. The molecule has 3 rings (SSSR count). The van der Waals surface area contributed by atoms with Crippen LogP contribution in [0.4, 0.5) is 5.69 Å². The number of carbonyl (C=O) groups is 5. The number of ether oxygens (including phenoxy) is 1. The zero-order valence-electron chi connectivity index (χ0n) is 16.5. The standard InChI is InChI=1S/C19H20N4O6S/c1-3-29-18(28)10-22-13-5-4-12(20-11(2)24)8-14(13)30-19(22)21-15(25)9-23-16(26)6-7-17(23)27/h4-5,8H,3,6-7,9-10H2,1-2H3,(H,20,24). The number of anilines is 1. The van der Waals surface area contributed by atoms with Crippen LogP contribution in [0.3, 0.4) is 0 Å². The summed E-state index contributed by atoms with van der Waals surface area (Å²) in [6.45, 7) is 2.68. The molecule has 1 aliphatic heterocycles. The van der Waals surface area contributed by atoms with Gasteiger partial charge in [-0.1, -0.05) is 11.3 Å². The second-order valence-electron chi connectivity index (χ2n) is 6.52. The van der Waals surface area contributed by atoms with Crippen molar-refractivity contribution in [1.82, 2.24) is 9.47 Å². The molecule has 4 amide bonds. The molecule has 0 radical (unpaired) electrons. The quantitative estimate of drug-likeness (QED) is 0.531. The topological polar surface area (TPSA) is 127 Å². The maximum Gasteiger partial charge on any atom is 0.326 e. The Bertz CT molecular complexity index is 1100. The van der Waals surface area contributed by atoms with Crippen molar-refractivity contribution in [3.05, 3.63) is 23.0 Å². The lowest BCUT2D eigenvalue weighted by Gasteiger charge is -2.10. The van der Waals surface area contributed by atoms with Crippen LogP contribution in [0.15, 0.2) is 23.2 Å². The molecule has 0 aliphatic carbocycles. The van der Waals surface area contributed by atoms with Crippen LogP contribution >= 0.6 is 11.3 Å². The van der Waals surface area contributed by atoms with Gasteiger partial charge in [-0.15, -0.1) is 0 Å². The molecule has 2 aromatic rings. The number of thiazole rings is 1. The monoisotopic (exact) mass is 432 g/mol. The maximum absolute atomic E-state index is 12.4. The van der Waals surface area contributed by atoms with Crippen LogP contribution < -0.4 is 10.1 Å². The maximum atomic E-state index is 12.4. The Morgan fingerprint density at radius 2 is 1.87 bits per heavy atom. The number of benzene rings is 1. The summed E-state index contributed by atoms with van der Waals surface area (Å²) in [5.74, 6) is -2.21. The van der Waals surface area contributed by atoms with E-state index in [2.05, 4.69) is 10.3 Å². The van der Waals surface area contributed by atoms with Gasteiger partial charge in [-0.3, -0.25) is 28.9 Å². The van der Waals surface area contributed by atoms with E-state index in [0.717, 1.165) is 16.2 Å². The molecule has 158 valence electrons. The molecule has 1 N–H and O–H groups in total. The van der Waals surface area contributed by atoms with Crippen LogP contribution in [0.5, 0.6) is 0 Å². The highest BCUT2D eigenvalue weighted by Crippen LogP contribution is 2.22. The fourth-order valence-corrected chi connectivity index (χ4v) is 4.09. The van der Waals surface area contributed by atoms with Crippen molar-refractivity contribution >= 4 is 56.8 Å². The molecule has 0 bridgehead atoms. The van der Waals surface area contributed by atoms with Gasteiger partial charge in [-0.05, 0) is 25.1 Å². The van der Waals surface area contributed by atoms with E-state index in [4.69, 9.17) is 4.74 Å². The number of aromatic nitrogens is 1. The highest BCUT2D eigenvalue weighted by molar-refractivity contribution is 7.16. The Kier molecular flexibility index (Phi) is 6.40. The van der Waals surface area contributed by atoms with Crippen molar-refractivity contribution < 1.29 is 28.7 Å². The van der Waals surface area contributed by atoms with E-state index in [-0.39, 0.29) is 36.7 Å². The molecular formula is C19H20N4O6S.